The van der Waals surface area contributed by atoms with E-state index >= 15 is 0 Å². The van der Waals surface area contributed by atoms with Gasteiger partial charge in [0.15, 0.2) is 0 Å². The molecule has 5 heteroatoms. The molecule has 1 unspecified atom stereocenters. The van der Waals surface area contributed by atoms with Crippen LogP contribution in [0.1, 0.15) is 106 Å². The molecule has 0 fully saturated rings. The molecular formula is C32H42N2O3. The zero-order chi connectivity index (χ0) is 26.3. The number of benzene rings is 2. The average molecular weight is 503 g/mol. The van der Waals surface area contributed by atoms with Crippen molar-refractivity contribution in [3.63, 3.8) is 0 Å². The van der Waals surface area contributed by atoms with Gasteiger partial charge < -0.3 is 9.47 Å². The van der Waals surface area contributed by atoms with Crippen molar-refractivity contribution in [2.45, 2.75) is 91.1 Å². The van der Waals surface area contributed by atoms with Crippen molar-refractivity contribution in [3.8, 4) is 16.9 Å². The lowest BCUT2D eigenvalue weighted by Crippen LogP contribution is -2.14. The van der Waals surface area contributed by atoms with E-state index in [-0.39, 0.29) is 11.9 Å². The van der Waals surface area contributed by atoms with Crippen molar-refractivity contribution in [1.82, 2.24) is 9.97 Å². The van der Waals surface area contributed by atoms with Gasteiger partial charge in [-0.15, -0.1) is 0 Å². The van der Waals surface area contributed by atoms with Gasteiger partial charge in [0.05, 0.1) is 6.61 Å². The summed E-state index contributed by atoms with van der Waals surface area (Å²) in [5.74, 6) is 0.526. The van der Waals surface area contributed by atoms with Gasteiger partial charge in [-0.1, -0.05) is 95.7 Å². The van der Waals surface area contributed by atoms with Crippen molar-refractivity contribution < 1.29 is 14.3 Å². The Balaban J connectivity index is 1.53. The maximum atomic E-state index is 12.7. The number of unbranched alkanes of at least 4 members (excludes halogenated alkanes) is 6. The van der Waals surface area contributed by atoms with E-state index in [0.717, 1.165) is 53.9 Å². The Morgan fingerprint density at radius 3 is 1.97 bits per heavy atom. The van der Waals surface area contributed by atoms with Gasteiger partial charge in [-0.3, -0.25) is 0 Å². The molecule has 1 atom stereocenters. The first-order valence-electron chi connectivity index (χ1n) is 14.0. The van der Waals surface area contributed by atoms with Crippen LogP contribution in [0.4, 0.5) is 0 Å². The molecule has 1 aromatic heterocycles. The highest BCUT2D eigenvalue weighted by atomic mass is 16.5. The first kappa shape index (κ1) is 28.4. The van der Waals surface area contributed by atoms with Crippen LogP contribution in [-0.2, 0) is 11.2 Å². The summed E-state index contributed by atoms with van der Waals surface area (Å²) in [6.07, 6.45) is 14.4. The minimum Gasteiger partial charge on any atom is -0.494 e. The summed E-state index contributed by atoms with van der Waals surface area (Å²) in [5.41, 5.74) is 4.25. The largest absolute Gasteiger partial charge is 0.494 e. The molecule has 1 heterocycles. The van der Waals surface area contributed by atoms with Gasteiger partial charge in [-0.05, 0) is 60.1 Å². The van der Waals surface area contributed by atoms with Crippen LogP contribution >= 0.6 is 0 Å². The van der Waals surface area contributed by atoms with Crippen LogP contribution in [0, 0.1) is 0 Å². The maximum absolute atomic E-state index is 12.7. The number of nitrogens with zero attached hydrogens (tertiary/aromatic N) is 2. The van der Waals surface area contributed by atoms with Gasteiger partial charge >= 0.3 is 5.97 Å². The van der Waals surface area contributed by atoms with E-state index < -0.39 is 5.97 Å². The fraction of sp³-hybridized carbons (Fsp3) is 0.469. The molecule has 3 aromatic rings. The Morgan fingerprint density at radius 1 is 0.757 bits per heavy atom. The fourth-order valence-corrected chi connectivity index (χ4v) is 4.27. The Morgan fingerprint density at radius 2 is 1.35 bits per heavy atom. The van der Waals surface area contributed by atoms with Crippen molar-refractivity contribution in [3.05, 3.63) is 77.9 Å². The third-order valence-electron chi connectivity index (χ3n) is 6.56. The van der Waals surface area contributed by atoms with E-state index in [2.05, 4.69) is 48.1 Å². The number of hydrogen-bond acceptors (Lipinski definition) is 5. The standard InChI is InChI=1S/C32H42N2O3/c1-4-7-9-10-11-13-25-23-33-31(34-24-25)32(35)37-30(6-3)28-16-14-26(15-17-28)27-18-20-29(21-19-27)36-22-12-8-5-2/h14-21,23-24,30H,4-13,22H2,1-3H3. The third kappa shape index (κ3) is 9.31. The van der Waals surface area contributed by atoms with E-state index in [1.807, 2.05) is 31.2 Å². The normalized spacial score (nSPS) is 11.8. The van der Waals surface area contributed by atoms with Crippen LogP contribution in [-0.4, -0.2) is 22.5 Å². The molecule has 2 aromatic carbocycles. The molecule has 0 N–H and O–H groups in total. The molecule has 0 saturated heterocycles. The molecule has 0 amide bonds. The smallest absolute Gasteiger partial charge is 0.376 e. The van der Waals surface area contributed by atoms with Crippen LogP contribution in [0.5, 0.6) is 5.75 Å². The first-order chi connectivity index (χ1) is 18.1. The van der Waals surface area contributed by atoms with Gasteiger partial charge in [0.1, 0.15) is 11.9 Å². The number of hydrogen-bond donors (Lipinski definition) is 0. The van der Waals surface area contributed by atoms with Crippen molar-refractivity contribution in [2.24, 2.45) is 0 Å². The molecule has 0 bridgehead atoms. The second-order valence-corrected chi connectivity index (χ2v) is 9.58. The van der Waals surface area contributed by atoms with E-state index in [0.29, 0.717) is 6.42 Å². The van der Waals surface area contributed by atoms with Crippen LogP contribution in [0.25, 0.3) is 11.1 Å². The van der Waals surface area contributed by atoms with E-state index in [4.69, 9.17) is 9.47 Å². The number of ether oxygens (including phenoxy) is 2. The topological polar surface area (TPSA) is 61.3 Å². The molecule has 37 heavy (non-hydrogen) atoms. The predicted octanol–water partition coefficient (Wildman–Crippen LogP) is 8.53. The summed E-state index contributed by atoms with van der Waals surface area (Å²) >= 11 is 0. The fourth-order valence-electron chi connectivity index (χ4n) is 4.27. The molecule has 5 nitrogen and oxygen atoms in total. The summed E-state index contributed by atoms with van der Waals surface area (Å²) in [6, 6.07) is 16.4. The number of aromatic nitrogens is 2. The van der Waals surface area contributed by atoms with Crippen LogP contribution in [0.2, 0.25) is 0 Å². The number of esters is 1. The lowest BCUT2D eigenvalue weighted by molar-refractivity contribution is 0.0273. The van der Waals surface area contributed by atoms with Crippen molar-refractivity contribution in [2.75, 3.05) is 6.61 Å². The highest BCUT2D eigenvalue weighted by molar-refractivity contribution is 5.85. The Hall–Kier alpha value is -3.21. The number of carbonyl (C=O) groups is 1. The van der Waals surface area contributed by atoms with Gasteiger partial charge in [-0.2, -0.15) is 0 Å². The monoisotopic (exact) mass is 502 g/mol. The third-order valence-corrected chi connectivity index (χ3v) is 6.56. The molecular weight excluding hydrogens is 460 g/mol. The zero-order valence-corrected chi connectivity index (χ0v) is 22.7. The summed E-state index contributed by atoms with van der Waals surface area (Å²) in [7, 11) is 0. The second-order valence-electron chi connectivity index (χ2n) is 9.58. The van der Waals surface area contributed by atoms with Gasteiger partial charge in [0.25, 0.3) is 0 Å². The quantitative estimate of drug-likeness (QED) is 0.145. The molecule has 0 radical (unpaired) electrons. The Labute approximate surface area is 222 Å². The molecule has 3 rings (SSSR count). The van der Waals surface area contributed by atoms with Crippen LogP contribution in [0.15, 0.2) is 60.9 Å². The second kappa shape index (κ2) is 15.8. The molecule has 0 saturated carbocycles. The predicted molar refractivity (Wildman–Crippen MR) is 150 cm³/mol. The van der Waals surface area contributed by atoms with E-state index in [1.165, 1.54) is 38.5 Å². The number of aryl methyl sites for hydroxylation is 1. The molecule has 0 aliphatic rings. The highest BCUT2D eigenvalue weighted by Crippen LogP contribution is 2.27. The Kier molecular flexibility index (Phi) is 12.1. The van der Waals surface area contributed by atoms with Crippen molar-refractivity contribution in [1.29, 1.82) is 0 Å². The first-order valence-corrected chi connectivity index (χ1v) is 14.0. The highest BCUT2D eigenvalue weighted by Gasteiger charge is 2.18. The average Bonchev–Trinajstić information content (AvgIpc) is 2.94. The maximum Gasteiger partial charge on any atom is 0.376 e. The zero-order valence-electron chi connectivity index (χ0n) is 22.7. The molecule has 0 aliphatic carbocycles. The minimum atomic E-state index is -0.486. The lowest BCUT2D eigenvalue weighted by Gasteiger charge is -2.16. The van der Waals surface area contributed by atoms with Crippen LogP contribution in [0.3, 0.4) is 0 Å². The van der Waals surface area contributed by atoms with Gasteiger partial charge in [0, 0.05) is 12.4 Å². The SMILES string of the molecule is CCCCCCCc1cnc(C(=O)OC(CC)c2ccc(-c3ccc(OCCCCC)cc3)cc2)nc1. The van der Waals surface area contributed by atoms with Crippen LogP contribution < -0.4 is 4.74 Å². The summed E-state index contributed by atoms with van der Waals surface area (Å²) in [4.78, 5) is 21.2. The number of carbonyl (C=O) groups excluding carboxylic acids is 1. The minimum absolute atomic E-state index is 0.113. The lowest BCUT2D eigenvalue weighted by atomic mass is 10.0. The van der Waals surface area contributed by atoms with Crippen molar-refractivity contribution >= 4 is 5.97 Å². The molecule has 0 aliphatic heterocycles. The van der Waals surface area contributed by atoms with Gasteiger partial charge in [-0.25, -0.2) is 14.8 Å². The van der Waals surface area contributed by atoms with E-state index in [9.17, 15) is 4.79 Å². The Bertz CT molecular complexity index is 1050. The summed E-state index contributed by atoms with van der Waals surface area (Å²) in [6.45, 7) is 7.17. The summed E-state index contributed by atoms with van der Waals surface area (Å²) < 4.78 is 11.6. The molecule has 198 valence electrons. The molecule has 0 spiro atoms. The van der Waals surface area contributed by atoms with Gasteiger partial charge in [0.2, 0.25) is 5.82 Å². The number of rotatable bonds is 16. The van der Waals surface area contributed by atoms with E-state index in [1.54, 1.807) is 12.4 Å². The summed E-state index contributed by atoms with van der Waals surface area (Å²) in [5, 5.41) is 0.